The number of rotatable bonds is 17. The average Bonchev–Trinajstić information content (AvgIpc) is 2.74. The van der Waals surface area contributed by atoms with E-state index in [0.717, 1.165) is 61.2 Å². The van der Waals surface area contributed by atoms with E-state index >= 15 is 0 Å². The molecule has 4 heteroatoms. The van der Waals surface area contributed by atoms with E-state index < -0.39 is 5.54 Å². The monoisotopic (exact) mass is 447 g/mol. The van der Waals surface area contributed by atoms with Gasteiger partial charge in [-0.05, 0) is 61.5 Å². The number of unbranched alkanes of at least 4 members (excludes halogenated alkanes) is 1. The molecule has 0 radical (unpaired) electrons. The van der Waals surface area contributed by atoms with Crippen LogP contribution in [-0.4, -0.2) is 31.0 Å². The summed E-state index contributed by atoms with van der Waals surface area (Å²) in [6.45, 7) is 7.78. The molecule has 0 aliphatic heterocycles. The van der Waals surface area contributed by atoms with Gasteiger partial charge in [0.2, 0.25) is 0 Å². The van der Waals surface area contributed by atoms with E-state index in [1.54, 1.807) is 7.11 Å². The maximum atomic E-state index is 9.87. The van der Waals surface area contributed by atoms with Crippen LogP contribution in [0.3, 0.4) is 0 Å². The van der Waals surface area contributed by atoms with Crippen LogP contribution in [0.25, 0.3) is 0 Å². The van der Waals surface area contributed by atoms with Gasteiger partial charge in [-0.2, -0.15) is 0 Å². The van der Waals surface area contributed by atoms with Gasteiger partial charge in [-0.15, -0.1) is 0 Å². The standard InChI is InChI=1S/C28H49NO3/c1-22(2)9-7-11-23(3)10-5-6-18-32-26-15-14-25(27(19-26)31-4)16-17-28(29,21-30)20-24-12-8-13-24/h14-15,19,22-24,30H,5-13,16-18,20-21,29H2,1-4H3/t23?,28-/m0/s1. The topological polar surface area (TPSA) is 64.7 Å². The minimum Gasteiger partial charge on any atom is -0.496 e. The van der Waals surface area contributed by atoms with Crippen LogP contribution in [0.15, 0.2) is 18.2 Å². The highest BCUT2D eigenvalue weighted by atomic mass is 16.5. The molecule has 1 fully saturated rings. The molecule has 1 unspecified atom stereocenters. The van der Waals surface area contributed by atoms with E-state index in [1.807, 2.05) is 12.1 Å². The highest BCUT2D eigenvalue weighted by Gasteiger charge is 2.31. The molecule has 0 saturated heterocycles. The summed E-state index contributed by atoms with van der Waals surface area (Å²) < 4.78 is 11.6. The van der Waals surface area contributed by atoms with Gasteiger partial charge in [0, 0.05) is 11.6 Å². The number of ether oxygens (including phenoxy) is 2. The van der Waals surface area contributed by atoms with Gasteiger partial charge >= 0.3 is 0 Å². The van der Waals surface area contributed by atoms with Gasteiger partial charge in [-0.3, -0.25) is 0 Å². The number of hydrogen-bond acceptors (Lipinski definition) is 4. The first-order valence-electron chi connectivity index (χ1n) is 13.0. The fourth-order valence-electron chi connectivity index (χ4n) is 4.73. The Kier molecular flexibility index (Phi) is 11.9. The van der Waals surface area contributed by atoms with Crippen molar-refractivity contribution in [3.8, 4) is 11.5 Å². The van der Waals surface area contributed by atoms with E-state index in [-0.39, 0.29) is 6.61 Å². The molecule has 1 aliphatic carbocycles. The molecule has 184 valence electrons. The number of aryl methyl sites for hydroxylation is 1. The SMILES string of the molecule is COc1cc(OCCCCC(C)CCCC(C)C)ccc1CC[C@@](N)(CO)CC1CCC1. The summed E-state index contributed by atoms with van der Waals surface area (Å²) in [7, 11) is 1.71. The summed E-state index contributed by atoms with van der Waals surface area (Å²) >= 11 is 0. The molecule has 1 aliphatic rings. The third-order valence-electron chi connectivity index (χ3n) is 7.22. The lowest BCUT2D eigenvalue weighted by Crippen LogP contribution is -2.46. The van der Waals surface area contributed by atoms with Crippen molar-refractivity contribution >= 4 is 0 Å². The van der Waals surface area contributed by atoms with Gasteiger partial charge < -0.3 is 20.3 Å². The van der Waals surface area contributed by atoms with Crippen LogP contribution in [-0.2, 0) is 6.42 Å². The van der Waals surface area contributed by atoms with Crippen LogP contribution in [0.4, 0.5) is 0 Å². The smallest absolute Gasteiger partial charge is 0.125 e. The molecular formula is C28H49NO3. The van der Waals surface area contributed by atoms with Gasteiger partial charge in [-0.25, -0.2) is 0 Å². The van der Waals surface area contributed by atoms with Crippen molar-refractivity contribution in [3.05, 3.63) is 23.8 Å². The van der Waals surface area contributed by atoms with Crippen LogP contribution in [0.1, 0.15) is 97.0 Å². The maximum Gasteiger partial charge on any atom is 0.125 e. The summed E-state index contributed by atoms with van der Waals surface area (Å²) in [4.78, 5) is 0. The average molecular weight is 448 g/mol. The third kappa shape index (κ3) is 9.70. The first-order chi connectivity index (χ1) is 15.3. The molecule has 1 saturated carbocycles. The number of aliphatic hydroxyl groups is 1. The Labute approximate surface area is 197 Å². The van der Waals surface area contributed by atoms with Crippen molar-refractivity contribution in [1.29, 1.82) is 0 Å². The summed E-state index contributed by atoms with van der Waals surface area (Å²) in [5.74, 6) is 4.04. The lowest BCUT2D eigenvalue weighted by Gasteiger charge is -2.36. The zero-order chi connectivity index (χ0) is 23.4. The maximum absolute atomic E-state index is 9.87. The predicted octanol–water partition coefficient (Wildman–Crippen LogP) is 6.52. The largest absolute Gasteiger partial charge is 0.496 e. The Morgan fingerprint density at radius 2 is 1.84 bits per heavy atom. The summed E-state index contributed by atoms with van der Waals surface area (Å²) in [5.41, 5.74) is 7.16. The van der Waals surface area contributed by atoms with Crippen LogP contribution in [0.2, 0.25) is 0 Å². The van der Waals surface area contributed by atoms with Crippen LogP contribution < -0.4 is 15.2 Å². The van der Waals surface area contributed by atoms with Crippen molar-refractivity contribution in [2.24, 2.45) is 23.5 Å². The first kappa shape index (κ1) is 27.0. The second kappa shape index (κ2) is 14.1. The molecular weight excluding hydrogens is 398 g/mol. The predicted molar refractivity (Wildman–Crippen MR) is 134 cm³/mol. The Hall–Kier alpha value is -1.26. The molecule has 0 spiro atoms. The van der Waals surface area contributed by atoms with Crippen LogP contribution in [0.5, 0.6) is 11.5 Å². The molecule has 0 aromatic heterocycles. The normalized spacial score (nSPS) is 17.1. The first-order valence-corrected chi connectivity index (χ1v) is 13.0. The molecule has 0 amide bonds. The molecule has 2 atom stereocenters. The number of methoxy groups -OCH3 is 1. The van der Waals surface area contributed by atoms with Crippen molar-refractivity contribution < 1.29 is 14.6 Å². The van der Waals surface area contributed by atoms with Crippen molar-refractivity contribution in [2.75, 3.05) is 20.3 Å². The molecule has 0 heterocycles. The number of benzene rings is 1. The van der Waals surface area contributed by atoms with Crippen molar-refractivity contribution in [1.82, 2.24) is 0 Å². The van der Waals surface area contributed by atoms with Gasteiger partial charge in [0.15, 0.2) is 0 Å². The van der Waals surface area contributed by atoms with Gasteiger partial charge in [0.1, 0.15) is 11.5 Å². The molecule has 1 aromatic carbocycles. The Morgan fingerprint density at radius 3 is 2.47 bits per heavy atom. The molecule has 3 N–H and O–H groups in total. The van der Waals surface area contributed by atoms with Gasteiger partial charge in [0.05, 0.1) is 20.3 Å². The second-order valence-electron chi connectivity index (χ2n) is 10.8. The summed E-state index contributed by atoms with van der Waals surface area (Å²) in [6, 6.07) is 6.12. The zero-order valence-electron chi connectivity index (χ0n) is 21.2. The third-order valence-corrected chi connectivity index (χ3v) is 7.22. The minimum absolute atomic E-state index is 0.0450. The molecule has 2 rings (SSSR count). The number of aliphatic hydroxyl groups excluding tert-OH is 1. The highest BCUT2D eigenvalue weighted by Crippen LogP contribution is 2.35. The Balaban J connectivity index is 1.72. The quantitative estimate of drug-likeness (QED) is 0.267. The lowest BCUT2D eigenvalue weighted by atomic mass is 9.75. The van der Waals surface area contributed by atoms with E-state index in [4.69, 9.17) is 15.2 Å². The Bertz CT molecular complexity index is 644. The van der Waals surface area contributed by atoms with Crippen molar-refractivity contribution in [3.63, 3.8) is 0 Å². The highest BCUT2D eigenvalue weighted by molar-refractivity contribution is 5.41. The van der Waals surface area contributed by atoms with Crippen LogP contribution in [0, 0.1) is 17.8 Å². The molecule has 32 heavy (non-hydrogen) atoms. The molecule has 4 nitrogen and oxygen atoms in total. The fourth-order valence-corrected chi connectivity index (χ4v) is 4.73. The van der Waals surface area contributed by atoms with E-state index in [0.29, 0.717) is 5.92 Å². The van der Waals surface area contributed by atoms with Crippen LogP contribution >= 0.6 is 0 Å². The summed E-state index contributed by atoms with van der Waals surface area (Å²) in [5, 5.41) is 9.87. The fraction of sp³-hybridized carbons (Fsp3) is 0.786. The lowest BCUT2D eigenvalue weighted by molar-refractivity contribution is 0.135. The minimum atomic E-state index is -0.489. The number of hydrogen-bond donors (Lipinski definition) is 2. The molecule has 1 aromatic rings. The Morgan fingerprint density at radius 1 is 1.09 bits per heavy atom. The van der Waals surface area contributed by atoms with E-state index in [9.17, 15) is 5.11 Å². The zero-order valence-corrected chi connectivity index (χ0v) is 21.2. The van der Waals surface area contributed by atoms with Gasteiger partial charge in [-0.1, -0.05) is 71.8 Å². The van der Waals surface area contributed by atoms with Crippen molar-refractivity contribution in [2.45, 2.75) is 103 Å². The number of nitrogens with two attached hydrogens (primary N) is 1. The molecule has 0 bridgehead atoms. The second-order valence-corrected chi connectivity index (χ2v) is 10.8. The van der Waals surface area contributed by atoms with Gasteiger partial charge in [0.25, 0.3) is 0 Å². The summed E-state index contributed by atoms with van der Waals surface area (Å²) in [6.07, 6.45) is 14.0. The van der Waals surface area contributed by atoms with E-state index in [2.05, 4.69) is 26.8 Å². The van der Waals surface area contributed by atoms with E-state index in [1.165, 1.54) is 51.4 Å².